The standard InChI is InChI=1S/C11H13NO/c1-7(2)10-5-8-3-4-9(13)6-11(8)12-10/h3-4,6-7,13H,5H2,1-2H3. The summed E-state index contributed by atoms with van der Waals surface area (Å²) in [6, 6.07) is 5.39. The Balaban J connectivity index is 2.38. The predicted molar refractivity (Wildman–Crippen MR) is 53.7 cm³/mol. The van der Waals surface area contributed by atoms with Crippen molar-refractivity contribution >= 4 is 11.4 Å². The van der Waals surface area contributed by atoms with Crippen LogP contribution in [0.25, 0.3) is 0 Å². The van der Waals surface area contributed by atoms with E-state index in [0.29, 0.717) is 11.7 Å². The fraction of sp³-hybridized carbons (Fsp3) is 0.364. The molecule has 0 spiro atoms. The van der Waals surface area contributed by atoms with Crippen LogP contribution in [0.5, 0.6) is 5.75 Å². The quantitative estimate of drug-likeness (QED) is 0.699. The van der Waals surface area contributed by atoms with Gasteiger partial charge < -0.3 is 5.11 Å². The molecule has 0 amide bonds. The minimum absolute atomic E-state index is 0.299. The molecule has 0 radical (unpaired) electrons. The molecule has 1 aromatic carbocycles. The topological polar surface area (TPSA) is 32.6 Å². The van der Waals surface area contributed by atoms with Gasteiger partial charge in [-0.05, 0) is 17.5 Å². The van der Waals surface area contributed by atoms with Crippen LogP contribution in [0.15, 0.2) is 23.2 Å². The van der Waals surface area contributed by atoms with Crippen molar-refractivity contribution in [2.75, 3.05) is 0 Å². The second-order valence-corrected chi connectivity index (χ2v) is 3.75. The van der Waals surface area contributed by atoms with Crippen molar-refractivity contribution < 1.29 is 5.11 Å². The number of aliphatic imine (C=N–C) groups is 1. The summed E-state index contributed by atoms with van der Waals surface area (Å²) in [7, 11) is 0. The van der Waals surface area contributed by atoms with Gasteiger partial charge in [-0.15, -0.1) is 0 Å². The number of hydrogen-bond acceptors (Lipinski definition) is 2. The average molecular weight is 175 g/mol. The highest BCUT2D eigenvalue weighted by molar-refractivity contribution is 5.95. The molecule has 13 heavy (non-hydrogen) atoms. The van der Waals surface area contributed by atoms with E-state index in [2.05, 4.69) is 18.8 Å². The molecule has 1 aromatic rings. The number of phenolic OH excluding ortho intramolecular Hbond substituents is 1. The molecule has 0 unspecified atom stereocenters. The molecule has 0 fully saturated rings. The van der Waals surface area contributed by atoms with Gasteiger partial charge in [0.15, 0.2) is 0 Å². The number of aromatic hydroxyl groups is 1. The minimum atomic E-state index is 0.299. The monoisotopic (exact) mass is 175 g/mol. The second kappa shape index (κ2) is 2.87. The van der Waals surface area contributed by atoms with Gasteiger partial charge >= 0.3 is 0 Å². The maximum atomic E-state index is 9.25. The molecule has 0 aromatic heterocycles. The molecule has 1 N–H and O–H groups in total. The zero-order valence-electron chi connectivity index (χ0n) is 7.91. The van der Waals surface area contributed by atoms with Crippen LogP contribution in [0, 0.1) is 5.92 Å². The first-order valence-electron chi connectivity index (χ1n) is 4.56. The van der Waals surface area contributed by atoms with E-state index in [1.54, 1.807) is 12.1 Å². The maximum absolute atomic E-state index is 9.25. The molecule has 0 aliphatic carbocycles. The van der Waals surface area contributed by atoms with Crippen molar-refractivity contribution in [2.45, 2.75) is 20.3 Å². The van der Waals surface area contributed by atoms with E-state index in [1.807, 2.05) is 6.07 Å². The Morgan fingerprint density at radius 2 is 2.15 bits per heavy atom. The summed E-state index contributed by atoms with van der Waals surface area (Å²) in [5, 5.41) is 9.25. The Morgan fingerprint density at radius 3 is 2.85 bits per heavy atom. The highest BCUT2D eigenvalue weighted by atomic mass is 16.3. The zero-order valence-corrected chi connectivity index (χ0v) is 7.91. The number of fused-ring (bicyclic) bond motifs is 1. The smallest absolute Gasteiger partial charge is 0.117 e. The van der Waals surface area contributed by atoms with Crippen molar-refractivity contribution in [1.29, 1.82) is 0 Å². The molecule has 0 atom stereocenters. The molecule has 0 saturated carbocycles. The first kappa shape index (κ1) is 8.30. The Hall–Kier alpha value is -1.31. The first-order chi connectivity index (χ1) is 6.16. The van der Waals surface area contributed by atoms with Crippen LogP contribution < -0.4 is 0 Å². The van der Waals surface area contributed by atoms with Crippen LogP contribution in [0.1, 0.15) is 19.4 Å². The van der Waals surface area contributed by atoms with Gasteiger partial charge in [-0.3, -0.25) is 4.99 Å². The summed E-state index contributed by atoms with van der Waals surface area (Å²) >= 11 is 0. The first-order valence-corrected chi connectivity index (χ1v) is 4.56. The molecular weight excluding hydrogens is 162 g/mol. The van der Waals surface area contributed by atoms with Crippen molar-refractivity contribution in [2.24, 2.45) is 10.9 Å². The van der Waals surface area contributed by atoms with Crippen LogP contribution >= 0.6 is 0 Å². The largest absolute Gasteiger partial charge is 0.508 e. The molecule has 2 heteroatoms. The van der Waals surface area contributed by atoms with Crippen LogP contribution in [-0.4, -0.2) is 10.8 Å². The third kappa shape index (κ3) is 1.44. The predicted octanol–water partition coefficient (Wildman–Crippen LogP) is 2.68. The van der Waals surface area contributed by atoms with Gasteiger partial charge in [-0.25, -0.2) is 0 Å². The lowest BCUT2D eigenvalue weighted by Crippen LogP contribution is -2.06. The molecule has 0 saturated heterocycles. The van der Waals surface area contributed by atoms with E-state index < -0.39 is 0 Å². The van der Waals surface area contributed by atoms with Gasteiger partial charge in [0.1, 0.15) is 5.75 Å². The van der Waals surface area contributed by atoms with Crippen molar-refractivity contribution in [3.8, 4) is 5.75 Å². The van der Waals surface area contributed by atoms with Crippen molar-refractivity contribution in [1.82, 2.24) is 0 Å². The maximum Gasteiger partial charge on any atom is 0.117 e. The van der Waals surface area contributed by atoms with Gasteiger partial charge in [-0.1, -0.05) is 19.9 Å². The van der Waals surface area contributed by atoms with Gasteiger partial charge in [0.05, 0.1) is 5.69 Å². The lowest BCUT2D eigenvalue weighted by molar-refractivity contribution is 0.475. The fourth-order valence-electron chi connectivity index (χ4n) is 1.53. The van der Waals surface area contributed by atoms with E-state index in [0.717, 1.165) is 12.1 Å². The summed E-state index contributed by atoms with van der Waals surface area (Å²) in [6.45, 7) is 4.29. The highest BCUT2D eigenvalue weighted by Gasteiger charge is 2.16. The zero-order chi connectivity index (χ0) is 9.42. The number of hydrogen-bond donors (Lipinski definition) is 1. The summed E-state index contributed by atoms with van der Waals surface area (Å²) in [5.41, 5.74) is 3.37. The molecular formula is C11H13NO. The molecule has 2 rings (SSSR count). The van der Waals surface area contributed by atoms with E-state index in [-0.39, 0.29) is 0 Å². The summed E-state index contributed by atoms with van der Waals surface area (Å²) in [6.07, 6.45) is 0.938. The molecule has 0 bridgehead atoms. The third-order valence-corrected chi connectivity index (χ3v) is 2.37. The van der Waals surface area contributed by atoms with Crippen LogP contribution in [-0.2, 0) is 6.42 Å². The van der Waals surface area contributed by atoms with Crippen molar-refractivity contribution in [3.63, 3.8) is 0 Å². The Bertz CT molecular complexity index is 366. The molecule has 2 nitrogen and oxygen atoms in total. The Labute approximate surface area is 77.9 Å². The third-order valence-electron chi connectivity index (χ3n) is 2.37. The van der Waals surface area contributed by atoms with Crippen LogP contribution in [0.4, 0.5) is 5.69 Å². The summed E-state index contributed by atoms with van der Waals surface area (Å²) in [5.74, 6) is 0.794. The van der Waals surface area contributed by atoms with E-state index in [4.69, 9.17) is 0 Å². The lowest BCUT2D eigenvalue weighted by Gasteiger charge is -2.01. The summed E-state index contributed by atoms with van der Waals surface area (Å²) in [4.78, 5) is 4.47. The number of benzene rings is 1. The van der Waals surface area contributed by atoms with Gasteiger partial charge in [0.2, 0.25) is 0 Å². The van der Waals surface area contributed by atoms with Gasteiger partial charge in [0, 0.05) is 18.2 Å². The normalized spacial score (nSPS) is 14.5. The number of rotatable bonds is 1. The molecule has 1 aliphatic rings. The number of phenols is 1. The molecule has 1 aliphatic heterocycles. The second-order valence-electron chi connectivity index (χ2n) is 3.75. The average Bonchev–Trinajstić information content (AvgIpc) is 2.46. The lowest BCUT2D eigenvalue weighted by atomic mass is 10.0. The number of nitrogens with zero attached hydrogens (tertiary/aromatic N) is 1. The van der Waals surface area contributed by atoms with E-state index in [1.165, 1.54) is 11.3 Å². The van der Waals surface area contributed by atoms with E-state index >= 15 is 0 Å². The van der Waals surface area contributed by atoms with Gasteiger partial charge in [-0.2, -0.15) is 0 Å². The minimum Gasteiger partial charge on any atom is -0.508 e. The Kier molecular flexibility index (Phi) is 1.83. The van der Waals surface area contributed by atoms with Gasteiger partial charge in [0.25, 0.3) is 0 Å². The Morgan fingerprint density at radius 1 is 1.38 bits per heavy atom. The van der Waals surface area contributed by atoms with E-state index in [9.17, 15) is 5.11 Å². The van der Waals surface area contributed by atoms with Crippen LogP contribution in [0.2, 0.25) is 0 Å². The summed E-state index contributed by atoms with van der Waals surface area (Å²) < 4.78 is 0. The SMILES string of the molecule is CC(C)C1=Nc2cc(O)ccc2C1. The highest BCUT2D eigenvalue weighted by Crippen LogP contribution is 2.31. The van der Waals surface area contributed by atoms with Crippen LogP contribution in [0.3, 0.4) is 0 Å². The molecule has 1 heterocycles. The fourth-order valence-corrected chi connectivity index (χ4v) is 1.53. The van der Waals surface area contributed by atoms with Crippen molar-refractivity contribution in [3.05, 3.63) is 23.8 Å². The molecule has 68 valence electrons.